The molecule has 4 N–H and O–H groups in total. The standard InChI is InChI=1S/C10H14N2O6/c1-5-2-12(10(18)11-9(5)17)3-6(14)8(16)7(15)4-13/h2,4,6-8,14-16H,3H2,1H3,(H,11,17,18)/t6-,7+,8-/m1/s1. The molecule has 0 amide bonds. The fourth-order valence-corrected chi connectivity index (χ4v) is 1.37. The van der Waals surface area contributed by atoms with Crippen LogP contribution in [0.5, 0.6) is 0 Å². The average molecular weight is 258 g/mol. The zero-order valence-electron chi connectivity index (χ0n) is 9.61. The van der Waals surface area contributed by atoms with Crippen LogP contribution in [0.25, 0.3) is 0 Å². The molecular weight excluding hydrogens is 244 g/mol. The molecule has 0 unspecified atom stereocenters. The van der Waals surface area contributed by atoms with E-state index in [1.54, 1.807) is 0 Å². The van der Waals surface area contributed by atoms with Crippen molar-refractivity contribution in [3.63, 3.8) is 0 Å². The quantitative estimate of drug-likeness (QED) is 0.419. The van der Waals surface area contributed by atoms with E-state index in [0.717, 1.165) is 4.57 Å². The molecular formula is C10H14N2O6. The van der Waals surface area contributed by atoms with Crippen LogP contribution in [0, 0.1) is 6.92 Å². The maximum Gasteiger partial charge on any atom is 0.328 e. The number of aryl methyl sites for hydroxylation is 1. The molecule has 1 aromatic rings. The van der Waals surface area contributed by atoms with E-state index in [0.29, 0.717) is 0 Å². The Morgan fingerprint density at radius 1 is 1.39 bits per heavy atom. The van der Waals surface area contributed by atoms with Crippen LogP contribution in [0.1, 0.15) is 5.56 Å². The summed E-state index contributed by atoms with van der Waals surface area (Å²) in [5.74, 6) is 0. The summed E-state index contributed by atoms with van der Waals surface area (Å²) in [6.07, 6.45) is -3.67. The van der Waals surface area contributed by atoms with Crippen LogP contribution in [0.15, 0.2) is 15.8 Å². The Morgan fingerprint density at radius 2 is 2.00 bits per heavy atom. The monoisotopic (exact) mass is 258 g/mol. The molecule has 0 aromatic carbocycles. The van der Waals surface area contributed by atoms with Crippen LogP contribution in [0.2, 0.25) is 0 Å². The Labute approximate surface area is 101 Å². The maximum absolute atomic E-state index is 11.4. The van der Waals surface area contributed by atoms with Gasteiger partial charge in [-0.25, -0.2) is 4.79 Å². The van der Waals surface area contributed by atoms with Gasteiger partial charge in [-0.15, -0.1) is 0 Å². The van der Waals surface area contributed by atoms with Gasteiger partial charge in [0.1, 0.15) is 18.3 Å². The highest BCUT2D eigenvalue weighted by Crippen LogP contribution is 2.01. The normalized spacial score (nSPS) is 16.0. The molecule has 100 valence electrons. The number of aliphatic hydroxyl groups excluding tert-OH is 3. The first-order valence-corrected chi connectivity index (χ1v) is 5.16. The van der Waals surface area contributed by atoms with E-state index in [2.05, 4.69) is 0 Å². The lowest BCUT2D eigenvalue weighted by Gasteiger charge is -2.20. The second-order valence-corrected chi connectivity index (χ2v) is 3.91. The molecule has 18 heavy (non-hydrogen) atoms. The number of nitrogens with zero attached hydrogens (tertiary/aromatic N) is 1. The predicted molar refractivity (Wildman–Crippen MR) is 60.1 cm³/mol. The molecule has 0 aliphatic heterocycles. The van der Waals surface area contributed by atoms with E-state index in [-0.39, 0.29) is 18.4 Å². The van der Waals surface area contributed by atoms with Gasteiger partial charge in [-0.3, -0.25) is 14.3 Å². The highest BCUT2D eigenvalue weighted by Gasteiger charge is 2.24. The number of carbonyl (C=O) groups is 1. The van der Waals surface area contributed by atoms with Crippen molar-refractivity contribution in [3.8, 4) is 0 Å². The SMILES string of the molecule is Cc1cn(C[C@@H](O)[C@@H](O)[C@@H](O)C=O)c(=O)[nH]c1=O. The van der Waals surface area contributed by atoms with E-state index in [1.807, 2.05) is 4.98 Å². The van der Waals surface area contributed by atoms with Crippen LogP contribution in [0.4, 0.5) is 0 Å². The van der Waals surface area contributed by atoms with E-state index >= 15 is 0 Å². The molecule has 1 rings (SSSR count). The molecule has 1 heterocycles. The zero-order valence-corrected chi connectivity index (χ0v) is 9.61. The van der Waals surface area contributed by atoms with Crippen LogP contribution in [0.3, 0.4) is 0 Å². The lowest BCUT2D eigenvalue weighted by Crippen LogP contribution is -2.43. The summed E-state index contributed by atoms with van der Waals surface area (Å²) in [6, 6.07) is 0. The van der Waals surface area contributed by atoms with E-state index in [4.69, 9.17) is 5.11 Å². The summed E-state index contributed by atoms with van der Waals surface area (Å²) in [4.78, 5) is 34.7. The summed E-state index contributed by atoms with van der Waals surface area (Å²) < 4.78 is 0.974. The van der Waals surface area contributed by atoms with Crippen LogP contribution >= 0.6 is 0 Å². The Balaban J connectivity index is 2.92. The fraction of sp³-hybridized carbons (Fsp3) is 0.500. The Kier molecular flexibility index (Phi) is 4.54. The number of nitrogens with one attached hydrogen (secondary N) is 1. The molecule has 8 heteroatoms. The van der Waals surface area contributed by atoms with Crippen molar-refractivity contribution in [1.29, 1.82) is 0 Å². The number of rotatable bonds is 5. The second-order valence-electron chi connectivity index (χ2n) is 3.91. The van der Waals surface area contributed by atoms with Crippen LogP contribution in [-0.2, 0) is 11.3 Å². The Bertz CT molecular complexity index is 534. The topological polar surface area (TPSA) is 133 Å². The zero-order chi connectivity index (χ0) is 13.9. The number of aromatic amines is 1. The average Bonchev–Trinajstić information content (AvgIpc) is 2.33. The second kappa shape index (κ2) is 5.71. The first-order chi connectivity index (χ1) is 8.36. The van der Waals surface area contributed by atoms with Gasteiger partial charge in [-0.2, -0.15) is 0 Å². The predicted octanol–water partition coefficient (Wildman–Crippen LogP) is -2.87. The van der Waals surface area contributed by atoms with Gasteiger partial charge < -0.3 is 20.1 Å². The molecule has 0 bridgehead atoms. The highest BCUT2D eigenvalue weighted by molar-refractivity contribution is 5.56. The molecule has 0 saturated heterocycles. The van der Waals surface area contributed by atoms with Gasteiger partial charge in [0.05, 0.1) is 6.54 Å². The van der Waals surface area contributed by atoms with Crippen LogP contribution in [-0.4, -0.2) is 49.5 Å². The molecule has 0 spiro atoms. The molecule has 0 aliphatic carbocycles. The van der Waals surface area contributed by atoms with Crippen molar-refractivity contribution in [2.45, 2.75) is 31.8 Å². The summed E-state index contributed by atoms with van der Waals surface area (Å²) in [5, 5.41) is 27.9. The Morgan fingerprint density at radius 3 is 2.56 bits per heavy atom. The summed E-state index contributed by atoms with van der Waals surface area (Å²) in [5.41, 5.74) is -1.04. The minimum atomic E-state index is -1.74. The first kappa shape index (κ1) is 14.3. The lowest BCUT2D eigenvalue weighted by atomic mass is 10.1. The molecule has 0 fully saturated rings. The van der Waals surface area contributed by atoms with Crippen molar-refractivity contribution in [1.82, 2.24) is 9.55 Å². The minimum absolute atomic E-state index is 0.0782. The molecule has 0 saturated carbocycles. The van der Waals surface area contributed by atoms with Gasteiger partial charge in [0.15, 0.2) is 6.29 Å². The largest absolute Gasteiger partial charge is 0.388 e. The lowest BCUT2D eigenvalue weighted by molar-refractivity contribution is -0.126. The number of aldehydes is 1. The van der Waals surface area contributed by atoms with Crippen molar-refractivity contribution in [3.05, 3.63) is 32.6 Å². The third-order valence-electron chi connectivity index (χ3n) is 2.46. The number of hydrogen-bond acceptors (Lipinski definition) is 6. The van der Waals surface area contributed by atoms with Gasteiger partial charge in [-0.1, -0.05) is 0 Å². The van der Waals surface area contributed by atoms with Gasteiger partial charge >= 0.3 is 5.69 Å². The minimum Gasteiger partial charge on any atom is -0.388 e. The number of aromatic nitrogens is 2. The van der Waals surface area contributed by atoms with Gasteiger partial charge in [-0.05, 0) is 6.92 Å². The molecule has 1 aromatic heterocycles. The van der Waals surface area contributed by atoms with Gasteiger partial charge in [0, 0.05) is 11.8 Å². The van der Waals surface area contributed by atoms with Crippen molar-refractivity contribution < 1.29 is 20.1 Å². The highest BCUT2D eigenvalue weighted by atomic mass is 16.4. The third-order valence-corrected chi connectivity index (χ3v) is 2.46. The smallest absolute Gasteiger partial charge is 0.328 e. The Hall–Kier alpha value is -1.77. The maximum atomic E-state index is 11.4. The number of hydrogen-bond donors (Lipinski definition) is 4. The van der Waals surface area contributed by atoms with Crippen molar-refractivity contribution in [2.75, 3.05) is 0 Å². The number of carbonyl (C=O) groups excluding carboxylic acids is 1. The molecule has 8 nitrogen and oxygen atoms in total. The van der Waals surface area contributed by atoms with Gasteiger partial charge in [0.25, 0.3) is 5.56 Å². The van der Waals surface area contributed by atoms with Crippen molar-refractivity contribution in [2.24, 2.45) is 0 Å². The first-order valence-electron chi connectivity index (χ1n) is 5.16. The summed E-state index contributed by atoms with van der Waals surface area (Å²) in [7, 11) is 0. The fourth-order valence-electron chi connectivity index (χ4n) is 1.37. The molecule has 3 atom stereocenters. The summed E-state index contributed by atoms with van der Waals surface area (Å²) >= 11 is 0. The van der Waals surface area contributed by atoms with Crippen molar-refractivity contribution >= 4 is 6.29 Å². The third kappa shape index (κ3) is 3.13. The van der Waals surface area contributed by atoms with E-state index in [9.17, 15) is 24.6 Å². The molecule has 0 aliphatic rings. The summed E-state index contributed by atoms with van der Waals surface area (Å²) in [6.45, 7) is 1.11. The number of aliphatic hydroxyl groups is 3. The van der Waals surface area contributed by atoms with E-state index < -0.39 is 29.6 Å². The van der Waals surface area contributed by atoms with E-state index in [1.165, 1.54) is 13.1 Å². The van der Waals surface area contributed by atoms with Gasteiger partial charge in [0.2, 0.25) is 0 Å². The van der Waals surface area contributed by atoms with Crippen LogP contribution < -0.4 is 11.2 Å². The molecule has 0 radical (unpaired) electrons. The number of H-pyrrole nitrogens is 1.